The van der Waals surface area contributed by atoms with Crippen LogP contribution in [0.2, 0.25) is 0 Å². The van der Waals surface area contributed by atoms with Gasteiger partial charge in [-0.25, -0.2) is 18.7 Å². The monoisotopic (exact) mass is 602 g/mol. The van der Waals surface area contributed by atoms with E-state index in [1.54, 1.807) is 12.1 Å². The average Bonchev–Trinajstić information content (AvgIpc) is 3.85. The molecule has 3 aromatic carbocycles. The summed E-state index contributed by atoms with van der Waals surface area (Å²) < 4.78 is 45.9. The number of piperidine rings is 1. The smallest absolute Gasteiger partial charge is 0.238 e. The molecule has 1 aliphatic carbocycles. The van der Waals surface area contributed by atoms with Crippen LogP contribution in [0.1, 0.15) is 31.2 Å². The Hall–Kier alpha value is -4.64. The first-order valence-electron chi connectivity index (χ1n) is 14.6. The number of anilines is 1. The molecule has 0 unspecified atom stereocenters. The van der Waals surface area contributed by atoms with Crippen molar-refractivity contribution in [1.82, 2.24) is 15.3 Å². The molecular formula is C33H32F2N4O5. The van der Waals surface area contributed by atoms with Crippen LogP contribution >= 0.6 is 0 Å². The first-order chi connectivity index (χ1) is 21.3. The Bertz CT molecular complexity index is 1690. The van der Waals surface area contributed by atoms with Crippen LogP contribution < -0.4 is 24.8 Å². The molecule has 44 heavy (non-hydrogen) atoms. The molecule has 0 bridgehead atoms. The summed E-state index contributed by atoms with van der Waals surface area (Å²) in [5.74, 6) is -0.383. The first kappa shape index (κ1) is 29.4. The Morgan fingerprint density at radius 3 is 2.45 bits per heavy atom. The minimum atomic E-state index is -1.17. The number of ketones is 1. The summed E-state index contributed by atoms with van der Waals surface area (Å²) in [6.45, 7) is 2.51. The Morgan fingerprint density at radius 2 is 1.75 bits per heavy atom. The summed E-state index contributed by atoms with van der Waals surface area (Å²) in [5.41, 5.74) is 0.180. The molecule has 1 saturated heterocycles. The highest BCUT2D eigenvalue weighted by molar-refractivity contribution is 6.14. The van der Waals surface area contributed by atoms with Gasteiger partial charge in [0.2, 0.25) is 11.8 Å². The molecule has 0 radical (unpaired) electrons. The van der Waals surface area contributed by atoms with Crippen LogP contribution in [0.3, 0.4) is 0 Å². The number of hydrogen-bond donors (Lipinski definition) is 2. The van der Waals surface area contributed by atoms with Gasteiger partial charge in [-0.2, -0.15) is 0 Å². The quantitative estimate of drug-likeness (QED) is 0.213. The molecule has 1 saturated carbocycles. The van der Waals surface area contributed by atoms with Gasteiger partial charge in [0.15, 0.2) is 28.8 Å². The summed E-state index contributed by atoms with van der Waals surface area (Å²) in [4.78, 5) is 34.5. The predicted octanol–water partition coefficient (Wildman–Crippen LogP) is 5.62. The van der Waals surface area contributed by atoms with Gasteiger partial charge in [-0.3, -0.25) is 9.59 Å². The number of hydrogen-bond acceptors (Lipinski definition) is 8. The maximum absolute atomic E-state index is 15.2. The Morgan fingerprint density at radius 1 is 0.977 bits per heavy atom. The van der Waals surface area contributed by atoms with Crippen LogP contribution in [0.5, 0.6) is 23.1 Å². The second-order valence-electron chi connectivity index (χ2n) is 11.2. The molecule has 2 N–H and O–H groups in total. The zero-order chi connectivity index (χ0) is 30.7. The van der Waals surface area contributed by atoms with Gasteiger partial charge in [0.25, 0.3) is 0 Å². The average molecular weight is 603 g/mol. The standard InChI is InChI=1S/C33H32F2N4O5/c1-42-28-16-24-26(17-29(28)43-18-21-8-12-36-13-9-21)37-19-38-31(24)44-27-7-6-23(15-25(27)35)39-32(41)33(10-11-33)30(40)14-20-2-4-22(34)5-3-20/h2-7,15-17,19,21,36H,8-14,18H2,1H3,(H,39,41). The number of rotatable bonds is 11. The van der Waals surface area contributed by atoms with E-state index in [1.165, 1.54) is 49.8 Å². The summed E-state index contributed by atoms with van der Waals surface area (Å²) in [6, 6.07) is 13.1. The van der Waals surface area contributed by atoms with Crippen LogP contribution in [-0.2, 0) is 16.0 Å². The highest BCUT2D eigenvalue weighted by Gasteiger charge is 2.55. The van der Waals surface area contributed by atoms with Crippen molar-refractivity contribution in [3.8, 4) is 23.1 Å². The van der Waals surface area contributed by atoms with Crippen LogP contribution in [0.25, 0.3) is 10.9 Å². The number of amides is 1. The summed E-state index contributed by atoms with van der Waals surface area (Å²) in [6.07, 6.45) is 4.22. The maximum atomic E-state index is 15.2. The number of methoxy groups -OCH3 is 1. The Balaban J connectivity index is 1.14. The normalized spacial score (nSPS) is 15.9. The van der Waals surface area contributed by atoms with E-state index in [0.29, 0.717) is 53.3 Å². The van der Waals surface area contributed by atoms with Gasteiger partial charge < -0.3 is 24.8 Å². The van der Waals surface area contributed by atoms with E-state index in [4.69, 9.17) is 14.2 Å². The minimum Gasteiger partial charge on any atom is -0.493 e. The molecule has 1 aromatic heterocycles. The second-order valence-corrected chi connectivity index (χ2v) is 11.2. The summed E-state index contributed by atoms with van der Waals surface area (Å²) >= 11 is 0. The zero-order valence-electron chi connectivity index (χ0n) is 24.2. The number of ether oxygens (including phenoxy) is 3. The maximum Gasteiger partial charge on any atom is 0.238 e. The number of Topliss-reactive ketones (excluding diaryl/α,β-unsaturated/α-hetero) is 1. The van der Waals surface area contributed by atoms with Gasteiger partial charge in [0.1, 0.15) is 17.6 Å². The molecule has 1 amide bonds. The molecule has 4 aromatic rings. The number of carbonyl (C=O) groups is 2. The van der Waals surface area contributed by atoms with Crippen molar-refractivity contribution in [2.45, 2.75) is 32.1 Å². The van der Waals surface area contributed by atoms with Gasteiger partial charge in [-0.1, -0.05) is 12.1 Å². The van der Waals surface area contributed by atoms with Crippen molar-refractivity contribution < 1.29 is 32.6 Å². The molecule has 2 heterocycles. The predicted molar refractivity (Wildman–Crippen MR) is 159 cm³/mol. The Kier molecular flexibility index (Phi) is 8.38. The third kappa shape index (κ3) is 6.33. The summed E-state index contributed by atoms with van der Waals surface area (Å²) in [7, 11) is 1.54. The minimum absolute atomic E-state index is 0.0123. The zero-order valence-corrected chi connectivity index (χ0v) is 24.2. The molecule has 1 aliphatic heterocycles. The molecule has 9 nitrogen and oxygen atoms in total. The van der Waals surface area contributed by atoms with E-state index in [-0.39, 0.29) is 29.5 Å². The van der Waals surface area contributed by atoms with E-state index in [9.17, 15) is 14.0 Å². The van der Waals surface area contributed by atoms with Crippen molar-refractivity contribution >= 4 is 28.3 Å². The van der Waals surface area contributed by atoms with Crippen LogP contribution in [0.15, 0.2) is 60.9 Å². The number of aromatic nitrogens is 2. The van der Waals surface area contributed by atoms with E-state index in [2.05, 4.69) is 20.6 Å². The summed E-state index contributed by atoms with van der Waals surface area (Å²) in [5, 5.41) is 6.51. The second kappa shape index (κ2) is 12.5. The molecule has 11 heteroatoms. The van der Waals surface area contributed by atoms with Crippen LogP contribution in [-0.4, -0.2) is 48.5 Å². The molecule has 2 aliphatic rings. The molecule has 2 fully saturated rings. The van der Waals surface area contributed by atoms with Gasteiger partial charge in [0.05, 0.1) is 24.6 Å². The lowest BCUT2D eigenvalue weighted by atomic mass is 9.94. The molecule has 228 valence electrons. The van der Waals surface area contributed by atoms with Crippen molar-refractivity contribution in [3.05, 3.63) is 78.1 Å². The highest BCUT2D eigenvalue weighted by atomic mass is 19.1. The highest BCUT2D eigenvalue weighted by Crippen LogP contribution is 2.48. The SMILES string of the molecule is COc1cc2c(Oc3ccc(NC(=O)C4(C(=O)Cc5ccc(F)cc5)CC4)cc3F)ncnc2cc1OCC1CCNCC1. The van der Waals surface area contributed by atoms with Crippen molar-refractivity contribution in [3.63, 3.8) is 0 Å². The number of carbonyl (C=O) groups excluding carboxylic acids is 2. The first-order valence-corrected chi connectivity index (χ1v) is 14.6. The largest absolute Gasteiger partial charge is 0.493 e. The van der Waals surface area contributed by atoms with E-state index < -0.39 is 23.0 Å². The number of halogens is 2. The van der Waals surface area contributed by atoms with E-state index >= 15 is 4.39 Å². The molecule has 6 rings (SSSR count). The molecule has 0 atom stereocenters. The number of nitrogens with one attached hydrogen (secondary N) is 2. The lowest BCUT2D eigenvalue weighted by Gasteiger charge is -2.23. The number of fused-ring (bicyclic) bond motifs is 1. The van der Waals surface area contributed by atoms with E-state index in [0.717, 1.165) is 32.0 Å². The van der Waals surface area contributed by atoms with Gasteiger partial charge in [0, 0.05) is 24.2 Å². The van der Waals surface area contributed by atoms with Crippen molar-refractivity contribution in [1.29, 1.82) is 0 Å². The van der Waals surface area contributed by atoms with E-state index in [1.807, 2.05) is 0 Å². The fourth-order valence-electron chi connectivity index (χ4n) is 5.38. The van der Waals surface area contributed by atoms with Crippen LogP contribution in [0, 0.1) is 23.0 Å². The third-order valence-corrected chi connectivity index (χ3v) is 8.21. The Labute approximate surface area is 252 Å². The van der Waals surface area contributed by atoms with Gasteiger partial charge in [-0.05, 0) is 80.6 Å². The molecule has 0 spiro atoms. The lowest BCUT2D eigenvalue weighted by Crippen LogP contribution is -2.32. The topological polar surface area (TPSA) is 112 Å². The van der Waals surface area contributed by atoms with Crippen molar-refractivity contribution in [2.75, 3.05) is 32.1 Å². The van der Waals surface area contributed by atoms with Crippen molar-refractivity contribution in [2.24, 2.45) is 11.3 Å². The fourth-order valence-corrected chi connectivity index (χ4v) is 5.38. The fraction of sp³-hybridized carbons (Fsp3) is 0.333. The lowest BCUT2D eigenvalue weighted by molar-refractivity contribution is -0.132. The van der Waals surface area contributed by atoms with Crippen LogP contribution in [0.4, 0.5) is 14.5 Å². The number of nitrogens with zero attached hydrogens (tertiary/aromatic N) is 2. The van der Waals surface area contributed by atoms with Gasteiger partial charge in [-0.15, -0.1) is 0 Å². The number of benzene rings is 3. The third-order valence-electron chi connectivity index (χ3n) is 8.21. The molecular weight excluding hydrogens is 570 g/mol. The van der Waals surface area contributed by atoms with Gasteiger partial charge >= 0.3 is 0 Å².